The van der Waals surface area contributed by atoms with Crippen molar-refractivity contribution >= 4 is 25.9 Å². The quantitative estimate of drug-likeness (QED) is 0.680. The van der Waals surface area contributed by atoms with Gasteiger partial charge in [0.05, 0.1) is 11.5 Å². The van der Waals surface area contributed by atoms with E-state index >= 15 is 0 Å². The van der Waals surface area contributed by atoms with E-state index in [4.69, 9.17) is 4.52 Å². The Hall–Kier alpha value is -1.13. The molecular formula is C10H19N3O5S2. The molecule has 0 radical (unpaired) electrons. The Morgan fingerprint density at radius 3 is 2.45 bits per heavy atom. The van der Waals surface area contributed by atoms with E-state index in [0.717, 1.165) is 6.42 Å². The molecule has 0 saturated carbocycles. The summed E-state index contributed by atoms with van der Waals surface area (Å²) in [6, 6.07) is 1.43. The molecule has 1 aromatic heterocycles. The van der Waals surface area contributed by atoms with Gasteiger partial charge in [0.25, 0.3) is 0 Å². The van der Waals surface area contributed by atoms with Crippen molar-refractivity contribution in [2.24, 2.45) is 0 Å². The molecule has 0 aliphatic carbocycles. The van der Waals surface area contributed by atoms with E-state index in [0.29, 0.717) is 12.2 Å². The van der Waals surface area contributed by atoms with Crippen LogP contribution in [0.3, 0.4) is 0 Å². The van der Waals surface area contributed by atoms with Gasteiger partial charge in [-0.1, -0.05) is 18.5 Å². The number of anilines is 1. The first-order chi connectivity index (χ1) is 9.24. The molecular weight excluding hydrogens is 306 g/mol. The van der Waals surface area contributed by atoms with Gasteiger partial charge in [0.2, 0.25) is 20.0 Å². The number of unbranched alkanes of at least 4 members (excludes halogenated alkanes) is 1. The summed E-state index contributed by atoms with van der Waals surface area (Å²) in [7, 11) is -7.07. The van der Waals surface area contributed by atoms with E-state index in [9.17, 15) is 16.8 Å². The summed E-state index contributed by atoms with van der Waals surface area (Å²) in [5.74, 6) is 0.184. The van der Waals surface area contributed by atoms with Gasteiger partial charge >= 0.3 is 0 Å². The van der Waals surface area contributed by atoms with Gasteiger partial charge in [0.15, 0.2) is 5.82 Å². The number of hydrogen-bond donors (Lipinski definition) is 2. The third-order valence-corrected chi connectivity index (χ3v) is 5.08. The molecule has 0 aliphatic rings. The third kappa shape index (κ3) is 6.35. The molecule has 0 bridgehead atoms. The third-order valence-electron chi connectivity index (χ3n) is 2.35. The molecule has 0 saturated heterocycles. The van der Waals surface area contributed by atoms with Gasteiger partial charge in [-0.25, -0.2) is 21.6 Å². The van der Waals surface area contributed by atoms with Crippen LogP contribution in [0, 0.1) is 6.92 Å². The van der Waals surface area contributed by atoms with Crippen LogP contribution in [0.5, 0.6) is 0 Å². The smallest absolute Gasteiger partial charge is 0.235 e. The van der Waals surface area contributed by atoms with Gasteiger partial charge in [-0.15, -0.1) is 0 Å². The molecule has 20 heavy (non-hydrogen) atoms. The number of rotatable bonds is 9. The summed E-state index contributed by atoms with van der Waals surface area (Å²) in [6.45, 7) is 3.33. The van der Waals surface area contributed by atoms with Crippen LogP contribution in [0.4, 0.5) is 5.82 Å². The lowest BCUT2D eigenvalue weighted by atomic mass is 10.4. The monoisotopic (exact) mass is 325 g/mol. The second-order valence-electron chi connectivity index (χ2n) is 4.31. The lowest BCUT2D eigenvalue weighted by Gasteiger charge is -2.07. The van der Waals surface area contributed by atoms with E-state index in [-0.39, 0.29) is 23.9 Å². The highest BCUT2D eigenvalue weighted by Gasteiger charge is 2.15. The van der Waals surface area contributed by atoms with E-state index in [1.807, 2.05) is 6.92 Å². The SMILES string of the molecule is CCCCS(=O)(=O)NCCS(=O)(=O)Nc1cc(C)on1. The highest BCUT2D eigenvalue weighted by Crippen LogP contribution is 2.09. The second kappa shape index (κ2) is 7.04. The lowest BCUT2D eigenvalue weighted by Crippen LogP contribution is -2.32. The minimum absolute atomic E-state index is 0.000539. The average molecular weight is 325 g/mol. The van der Waals surface area contributed by atoms with Gasteiger partial charge in [0.1, 0.15) is 5.76 Å². The van der Waals surface area contributed by atoms with Crippen LogP contribution in [0.1, 0.15) is 25.5 Å². The van der Waals surface area contributed by atoms with Crippen LogP contribution in [0.2, 0.25) is 0 Å². The largest absolute Gasteiger partial charge is 0.360 e. The zero-order chi connectivity index (χ0) is 15.2. The fraction of sp³-hybridized carbons (Fsp3) is 0.700. The minimum Gasteiger partial charge on any atom is -0.360 e. The summed E-state index contributed by atoms with van der Waals surface area (Å²) < 4.78 is 55.5. The highest BCUT2D eigenvalue weighted by atomic mass is 32.2. The standard InChI is InChI=1S/C10H19N3O5S2/c1-3-4-6-19(14,15)11-5-7-20(16,17)13-10-8-9(2)18-12-10/h8,11H,3-7H2,1-2H3,(H,12,13). The van der Waals surface area contributed by atoms with Gasteiger partial charge < -0.3 is 4.52 Å². The van der Waals surface area contributed by atoms with Crippen LogP contribution >= 0.6 is 0 Å². The topological polar surface area (TPSA) is 118 Å². The number of nitrogens with one attached hydrogen (secondary N) is 2. The maximum atomic E-state index is 11.7. The molecule has 0 atom stereocenters. The number of aromatic nitrogens is 1. The molecule has 0 spiro atoms. The van der Waals surface area contributed by atoms with E-state index < -0.39 is 20.0 Å². The molecule has 1 heterocycles. The van der Waals surface area contributed by atoms with Gasteiger partial charge in [-0.2, -0.15) is 0 Å². The second-order valence-corrected chi connectivity index (χ2v) is 8.08. The maximum Gasteiger partial charge on any atom is 0.235 e. The Bertz CT molecular complexity index is 621. The number of aryl methyl sites for hydroxylation is 1. The Morgan fingerprint density at radius 2 is 1.90 bits per heavy atom. The normalized spacial score (nSPS) is 12.5. The van der Waals surface area contributed by atoms with Crippen molar-refractivity contribution in [3.63, 3.8) is 0 Å². The fourth-order valence-electron chi connectivity index (χ4n) is 1.36. The molecule has 2 N–H and O–H groups in total. The fourth-order valence-corrected chi connectivity index (χ4v) is 3.61. The Balaban J connectivity index is 2.44. The highest BCUT2D eigenvalue weighted by molar-refractivity contribution is 7.92. The van der Waals surface area contributed by atoms with Crippen molar-refractivity contribution in [3.05, 3.63) is 11.8 Å². The molecule has 0 unspecified atom stereocenters. The number of hydrogen-bond acceptors (Lipinski definition) is 6. The van der Waals surface area contributed by atoms with Crippen LogP contribution in [-0.2, 0) is 20.0 Å². The van der Waals surface area contributed by atoms with E-state index in [2.05, 4.69) is 14.6 Å². The lowest BCUT2D eigenvalue weighted by molar-refractivity contribution is 0.400. The minimum atomic E-state index is -3.66. The molecule has 10 heteroatoms. The molecule has 1 aromatic rings. The Kier molecular flexibility index (Phi) is 5.96. The average Bonchev–Trinajstić information content (AvgIpc) is 2.70. The van der Waals surface area contributed by atoms with Crippen molar-refractivity contribution in [2.75, 3.05) is 22.8 Å². The molecule has 0 amide bonds. The first kappa shape index (κ1) is 16.9. The summed E-state index contributed by atoms with van der Waals surface area (Å²) >= 11 is 0. The van der Waals surface area contributed by atoms with E-state index in [1.165, 1.54) is 6.07 Å². The predicted octanol–water partition coefficient (Wildman–Crippen LogP) is 0.444. The van der Waals surface area contributed by atoms with Crippen molar-refractivity contribution < 1.29 is 21.4 Å². The van der Waals surface area contributed by atoms with Crippen molar-refractivity contribution in [2.45, 2.75) is 26.7 Å². The summed E-state index contributed by atoms with van der Waals surface area (Å²) in [5.41, 5.74) is 0. The molecule has 116 valence electrons. The zero-order valence-corrected chi connectivity index (χ0v) is 13.1. The molecule has 8 nitrogen and oxygen atoms in total. The molecule has 0 aromatic carbocycles. The van der Waals surface area contributed by atoms with Gasteiger partial charge in [0, 0.05) is 12.6 Å². The van der Waals surface area contributed by atoms with Crippen molar-refractivity contribution in [1.29, 1.82) is 0 Å². The van der Waals surface area contributed by atoms with Gasteiger partial charge in [-0.3, -0.25) is 4.72 Å². The summed E-state index contributed by atoms with van der Waals surface area (Å²) in [4.78, 5) is 0. The first-order valence-electron chi connectivity index (χ1n) is 6.15. The van der Waals surface area contributed by atoms with E-state index in [1.54, 1.807) is 6.92 Å². The van der Waals surface area contributed by atoms with Crippen molar-refractivity contribution in [3.8, 4) is 0 Å². The maximum absolute atomic E-state index is 11.7. The van der Waals surface area contributed by atoms with Crippen LogP contribution in [0.25, 0.3) is 0 Å². The Labute approximate surface area is 119 Å². The zero-order valence-electron chi connectivity index (χ0n) is 11.4. The predicted molar refractivity (Wildman–Crippen MR) is 75.3 cm³/mol. The summed E-state index contributed by atoms with van der Waals surface area (Å²) in [5, 5.41) is 3.49. The Morgan fingerprint density at radius 1 is 1.20 bits per heavy atom. The van der Waals surface area contributed by atoms with Gasteiger partial charge in [-0.05, 0) is 13.3 Å². The number of nitrogens with zero attached hydrogens (tertiary/aromatic N) is 1. The van der Waals surface area contributed by atoms with Crippen LogP contribution in [-0.4, -0.2) is 40.0 Å². The summed E-state index contributed by atoms with van der Waals surface area (Å²) in [6.07, 6.45) is 1.30. The molecule has 1 rings (SSSR count). The van der Waals surface area contributed by atoms with Crippen LogP contribution < -0.4 is 9.44 Å². The first-order valence-corrected chi connectivity index (χ1v) is 9.46. The van der Waals surface area contributed by atoms with Crippen molar-refractivity contribution in [1.82, 2.24) is 9.88 Å². The molecule has 0 aliphatic heterocycles. The molecule has 0 fully saturated rings. The number of sulfonamides is 2. The van der Waals surface area contributed by atoms with Crippen LogP contribution in [0.15, 0.2) is 10.6 Å².